The molecule has 148 valence electrons. The van der Waals surface area contributed by atoms with Gasteiger partial charge in [0.15, 0.2) is 11.3 Å². The number of nitrogens with one attached hydrogen (secondary N) is 1. The average Bonchev–Trinajstić information content (AvgIpc) is 2.75. The fourth-order valence-corrected chi connectivity index (χ4v) is 3.77. The monoisotopic (exact) mass is 395 g/mol. The number of benzene rings is 4. The van der Waals surface area contributed by atoms with Gasteiger partial charge in [-0.05, 0) is 37.6 Å². The Morgan fingerprint density at radius 2 is 1.73 bits per heavy atom. The molecule has 0 atom stereocenters. The van der Waals surface area contributed by atoms with Crippen molar-refractivity contribution in [1.29, 1.82) is 0 Å². The Hall–Kier alpha value is -3.86. The molecule has 0 bridgehead atoms. The van der Waals surface area contributed by atoms with Crippen LogP contribution in [-0.2, 0) is 0 Å². The predicted octanol–water partition coefficient (Wildman–Crippen LogP) is 5.76. The molecule has 1 aliphatic carbocycles. The van der Waals surface area contributed by atoms with Crippen LogP contribution in [0.4, 0.5) is 11.4 Å². The molecule has 0 radical (unpaired) electrons. The van der Waals surface area contributed by atoms with Crippen LogP contribution >= 0.6 is 0 Å². The number of para-hydroxylation sites is 2. The van der Waals surface area contributed by atoms with Gasteiger partial charge in [0.2, 0.25) is 0 Å². The van der Waals surface area contributed by atoms with E-state index in [1.54, 1.807) is 12.1 Å². The van der Waals surface area contributed by atoms with Gasteiger partial charge in [0.05, 0.1) is 16.7 Å². The van der Waals surface area contributed by atoms with Gasteiger partial charge < -0.3 is 14.8 Å². The predicted molar refractivity (Wildman–Crippen MR) is 120 cm³/mol. The van der Waals surface area contributed by atoms with Crippen molar-refractivity contribution < 1.29 is 9.52 Å². The van der Waals surface area contributed by atoms with E-state index in [9.17, 15) is 5.11 Å². The summed E-state index contributed by atoms with van der Waals surface area (Å²) in [7, 11) is 0. The summed E-state index contributed by atoms with van der Waals surface area (Å²) in [6, 6.07) is 21.1. The zero-order valence-electron chi connectivity index (χ0n) is 16.8. The van der Waals surface area contributed by atoms with Gasteiger partial charge >= 0.3 is 0 Å². The highest BCUT2D eigenvalue weighted by molar-refractivity contribution is 6.10. The van der Waals surface area contributed by atoms with E-state index in [4.69, 9.17) is 9.40 Å². The molecule has 0 amide bonds. The molecule has 0 fully saturated rings. The molecule has 0 spiro atoms. The molecule has 0 saturated heterocycles. The number of aromatic hydroxyl groups is 1. The number of phenolic OH excluding ortho intramolecular Hbond substituents is 1. The van der Waals surface area contributed by atoms with Gasteiger partial charge in [-0.2, -0.15) is 0 Å². The standard InChI is InChI=1S/C25H21N3O2/c1-3-26-19-13-23-21(12-15(19)2)28-25-17-9-5-4-8-16(17)20(14-24(25)30-23)27-18-10-6-7-11-22(18)29/h4-14,27,29H,3H2,1-2H3. The van der Waals surface area contributed by atoms with E-state index in [0.717, 1.165) is 38.6 Å². The SMILES string of the molecule is CCN=c1cc2oc3cc(Nc4ccccc4O)c4ccccc4c3nc-2cc1C. The van der Waals surface area contributed by atoms with Gasteiger partial charge in [-0.1, -0.05) is 36.4 Å². The fourth-order valence-electron chi connectivity index (χ4n) is 3.77. The molecule has 5 heteroatoms. The van der Waals surface area contributed by atoms with Crippen molar-refractivity contribution in [3.63, 3.8) is 0 Å². The first-order chi connectivity index (χ1) is 14.6. The first kappa shape index (κ1) is 18.2. The number of aryl methyl sites for hydroxylation is 1. The third-order valence-corrected chi connectivity index (χ3v) is 5.21. The first-order valence-corrected chi connectivity index (χ1v) is 9.96. The molecule has 5 rings (SSSR count). The maximum Gasteiger partial charge on any atom is 0.155 e. The van der Waals surface area contributed by atoms with E-state index >= 15 is 0 Å². The van der Waals surface area contributed by atoms with Gasteiger partial charge in [0.1, 0.15) is 17.0 Å². The van der Waals surface area contributed by atoms with Crippen LogP contribution in [0, 0.1) is 6.92 Å². The van der Waals surface area contributed by atoms with Gasteiger partial charge in [-0.25, -0.2) is 4.98 Å². The summed E-state index contributed by atoms with van der Waals surface area (Å²) in [6.07, 6.45) is 0. The summed E-state index contributed by atoms with van der Waals surface area (Å²) in [4.78, 5) is 9.46. The molecule has 30 heavy (non-hydrogen) atoms. The Morgan fingerprint density at radius 1 is 0.967 bits per heavy atom. The number of hydrogen-bond donors (Lipinski definition) is 2. The average molecular weight is 395 g/mol. The molecule has 1 heterocycles. The molecule has 2 aliphatic rings. The Balaban J connectivity index is 1.80. The lowest BCUT2D eigenvalue weighted by Crippen LogP contribution is -2.09. The Labute approximate surface area is 173 Å². The smallest absolute Gasteiger partial charge is 0.155 e. The minimum atomic E-state index is 0.191. The van der Waals surface area contributed by atoms with E-state index in [-0.39, 0.29) is 5.75 Å². The highest BCUT2D eigenvalue weighted by Crippen LogP contribution is 2.36. The molecule has 5 nitrogen and oxygen atoms in total. The van der Waals surface area contributed by atoms with E-state index in [1.807, 2.05) is 68.4 Å². The number of aromatic nitrogens is 1. The fraction of sp³-hybridized carbons (Fsp3) is 0.120. The first-order valence-electron chi connectivity index (χ1n) is 9.96. The molecular weight excluding hydrogens is 374 g/mol. The topological polar surface area (TPSA) is 70.7 Å². The van der Waals surface area contributed by atoms with Gasteiger partial charge in [-0.15, -0.1) is 0 Å². The Kier molecular flexibility index (Phi) is 4.36. The quantitative estimate of drug-likeness (QED) is 0.231. The maximum atomic E-state index is 10.2. The lowest BCUT2D eigenvalue weighted by atomic mass is 10.1. The second kappa shape index (κ2) is 7.19. The van der Waals surface area contributed by atoms with E-state index in [2.05, 4.69) is 10.3 Å². The third-order valence-electron chi connectivity index (χ3n) is 5.21. The number of nitrogens with zero attached hydrogens (tertiary/aromatic N) is 2. The lowest BCUT2D eigenvalue weighted by molar-refractivity contribution is 0.478. The summed E-state index contributed by atoms with van der Waals surface area (Å²) in [6.45, 7) is 4.77. The third kappa shape index (κ3) is 3.05. The second-order valence-corrected chi connectivity index (χ2v) is 7.25. The lowest BCUT2D eigenvalue weighted by Gasteiger charge is -2.14. The normalized spacial score (nSPS) is 12.1. The highest BCUT2D eigenvalue weighted by Gasteiger charge is 2.15. The van der Waals surface area contributed by atoms with E-state index in [1.165, 1.54) is 0 Å². The minimum absolute atomic E-state index is 0.191. The number of hydrogen-bond acceptors (Lipinski definition) is 5. The maximum absolute atomic E-state index is 10.2. The van der Waals surface area contributed by atoms with E-state index in [0.29, 0.717) is 23.6 Å². The molecular formula is C25H21N3O2. The van der Waals surface area contributed by atoms with Crippen LogP contribution < -0.4 is 10.7 Å². The summed E-state index contributed by atoms with van der Waals surface area (Å²) < 4.78 is 6.28. The number of rotatable bonds is 3. The van der Waals surface area contributed by atoms with Crippen LogP contribution in [0.2, 0.25) is 0 Å². The van der Waals surface area contributed by atoms with Crippen LogP contribution in [0.3, 0.4) is 0 Å². The number of anilines is 2. The van der Waals surface area contributed by atoms with Crippen LogP contribution in [0.25, 0.3) is 33.3 Å². The molecule has 0 unspecified atom stereocenters. The summed E-state index contributed by atoms with van der Waals surface area (Å²) in [5.41, 5.74) is 4.84. The Bertz CT molecular complexity index is 1440. The molecule has 0 saturated carbocycles. The largest absolute Gasteiger partial charge is 0.506 e. The van der Waals surface area contributed by atoms with Crippen molar-refractivity contribution in [3.8, 4) is 17.2 Å². The zero-order chi connectivity index (χ0) is 20.7. The van der Waals surface area contributed by atoms with Gasteiger partial charge in [0.25, 0.3) is 0 Å². The van der Waals surface area contributed by atoms with Crippen molar-refractivity contribution in [2.45, 2.75) is 13.8 Å². The van der Waals surface area contributed by atoms with Crippen molar-refractivity contribution in [2.75, 3.05) is 11.9 Å². The Morgan fingerprint density at radius 3 is 2.53 bits per heavy atom. The summed E-state index contributed by atoms with van der Waals surface area (Å²) in [5, 5.41) is 16.4. The van der Waals surface area contributed by atoms with Crippen LogP contribution in [0.1, 0.15) is 12.5 Å². The van der Waals surface area contributed by atoms with Crippen LogP contribution in [-0.4, -0.2) is 16.6 Å². The van der Waals surface area contributed by atoms with Crippen LogP contribution in [0.5, 0.6) is 5.75 Å². The van der Waals surface area contributed by atoms with Crippen molar-refractivity contribution >= 4 is 33.2 Å². The zero-order valence-corrected chi connectivity index (χ0v) is 16.8. The van der Waals surface area contributed by atoms with E-state index < -0.39 is 0 Å². The van der Waals surface area contributed by atoms with Gasteiger partial charge in [0, 0.05) is 29.4 Å². The number of fused-ring (bicyclic) bond motifs is 4. The molecule has 1 aliphatic heterocycles. The summed E-state index contributed by atoms with van der Waals surface area (Å²) in [5.74, 6) is 0.889. The molecule has 3 aromatic carbocycles. The van der Waals surface area contributed by atoms with Crippen LogP contribution in [0.15, 0.2) is 76.1 Å². The minimum Gasteiger partial charge on any atom is -0.506 e. The van der Waals surface area contributed by atoms with Crippen molar-refractivity contribution in [3.05, 3.63) is 77.7 Å². The van der Waals surface area contributed by atoms with Gasteiger partial charge in [-0.3, -0.25) is 4.99 Å². The summed E-state index contributed by atoms with van der Waals surface area (Å²) >= 11 is 0. The highest BCUT2D eigenvalue weighted by atomic mass is 16.3. The number of phenols is 1. The molecule has 3 aromatic rings. The molecule has 2 N–H and O–H groups in total. The second-order valence-electron chi connectivity index (χ2n) is 7.25. The van der Waals surface area contributed by atoms with Crippen molar-refractivity contribution in [2.24, 2.45) is 4.99 Å². The van der Waals surface area contributed by atoms with Crippen molar-refractivity contribution in [1.82, 2.24) is 4.98 Å². The molecule has 0 aromatic heterocycles.